The summed E-state index contributed by atoms with van der Waals surface area (Å²) in [7, 11) is 0. The standard InChI is InChI=1S/C34H42F6N6O5/c1-31(35)13-20(11-21(14-31)29(48)49)15-42-28(47)23-16-43-30(44-27(23)32(2,36)37)46-18-33(5-9-50-10-6-33)24-12-26(41-17-25(24)46)51-22-3-7-45(8-4-22)19-34(38,39)40/h12,16-17,20-22H,3-11,13-15,18-19H2,1-2H3,(H,42,47)(H,48,49)/t20?,21-,31-/m0/s1. The number of likely N-dealkylation sites (tertiary alicyclic amines) is 1. The van der Waals surface area contributed by atoms with Crippen molar-refractivity contribution >= 4 is 23.5 Å². The van der Waals surface area contributed by atoms with Crippen LogP contribution < -0.4 is 15.0 Å². The number of halogens is 6. The lowest BCUT2D eigenvalue weighted by Gasteiger charge is -2.35. The Morgan fingerprint density at radius 2 is 1.80 bits per heavy atom. The zero-order valence-electron chi connectivity index (χ0n) is 28.4. The minimum atomic E-state index is -4.27. The van der Waals surface area contributed by atoms with Crippen molar-refractivity contribution in [3.05, 3.63) is 35.3 Å². The topological polar surface area (TPSA) is 130 Å². The lowest BCUT2D eigenvalue weighted by atomic mass is 9.74. The van der Waals surface area contributed by atoms with Crippen LogP contribution in [0.1, 0.15) is 80.4 Å². The van der Waals surface area contributed by atoms with Crippen molar-refractivity contribution in [2.24, 2.45) is 11.8 Å². The number of fused-ring (bicyclic) bond motifs is 2. The van der Waals surface area contributed by atoms with E-state index in [1.54, 1.807) is 17.2 Å². The molecule has 280 valence electrons. The number of ether oxygens (including phenoxy) is 2. The van der Waals surface area contributed by atoms with Crippen LogP contribution in [0.3, 0.4) is 0 Å². The molecule has 17 heteroatoms. The molecule has 3 fully saturated rings. The Balaban J connectivity index is 1.21. The summed E-state index contributed by atoms with van der Waals surface area (Å²) in [5.74, 6) is -6.74. The van der Waals surface area contributed by atoms with E-state index in [0.717, 1.165) is 11.8 Å². The molecular weight excluding hydrogens is 686 g/mol. The van der Waals surface area contributed by atoms with Gasteiger partial charge in [-0.15, -0.1) is 0 Å². The summed E-state index contributed by atoms with van der Waals surface area (Å²) in [5.41, 5.74) is -2.05. The second-order valence-corrected chi connectivity index (χ2v) is 14.7. The third-order valence-electron chi connectivity index (χ3n) is 10.4. The van der Waals surface area contributed by atoms with Gasteiger partial charge in [-0.05, 0) is 63.4 Å². The number of amides is 1. The SMILES string of the molecule is CC(F)(F)c1nc(N2CC3(CCOCC3)c3cc(OC4CCN(CC(F)(F)F)CC4)ncc32)ncc1C(=O)NCC1C[C@H](C(=O)O)C[C@@](C)(F)C1. The van der Waals surface area contributed by atoms with Crippen molar-refractivity contribution in [1.82, 2.24) is 25.2 Å². The number of pyridine rings is 1. The number of alkyl halides is 6. The first-order valence-electron chi connectivity index (χ1n) is 17.2. The molecule has 2 N–H and O–H groups in total. The van der Waals surface area contributed by atoms with Crippen molar-refractivity contribution in [3.63, 3.8) is 0 Å². The number of aromatic nitrogens is 3. The van der Waals surface area contributed by atoms with Gasteiger partial charge in [-0.2, -0.15) is 22.0 Å². The Morgan fingerprint density at radius 1 is 1.10 bits per heavy atom. The minimum Gasteiger partial charge on any atom is -0.481 e. The van der Waals surface area contributed by atoms with Gasteiger partial charge in [0, 0.05) is 64.0 Å². The molecule has 3 atom stereocenters. The van der Waals surface area contributed by atoms with E-state index >= 15 is 8.78 Å². The number of rotatable bonds is 9. The number of carboxylic acid groups (broad SMARTS) is 1. The third-order valence-corrected chi connectivity index (χ3v) is 10.4. The summed E-state index contributed by atoms with van der Waals surface area (Å²) in [5, 5.41) is 12.0. The molecule has 2 saturated heterocycles. The van der Waals surface area contributed by atoms with Crippen LogP contribution in [0.15, 0.2) is 18.5 Å². The number of nitrogens with one attached hydrogen (secondary N) is 1. The molecule has 0 bridgehead atoms. The third kappa shape index (κ3) is 8.50. The first-order chi connectivity index (χ1) is 23.9. The Labute approximate surface area is 291 Å². The molecule has 1 unspecified atom stereocenters. The van der Waals surface area contributed by atoms with E-state index in [1.807, 2.05) is 0 Å². The van der Waals surface area contributed by atoms with Gasteiger partial charge >= 0.3 is 12.1 Å². The smallest absolute Gasteiger partial charge is 0.401 e. The molecule has 1 amide bonds. The quantitative estimate of drug-likeness (QED) is 0.317. The van der Waals surface area contributed by atoms with Crippen LogP contribution in [0.5, 0.6) is 5.88 Å². The number of anilines is 2. The normalized spacial score (nSPS) is 25.8. The first kappa shape index (κ1) is 37.0. The molecule has 11 nitrogen and oxygen atoms in total. The maximum atomic E-state index is 15.1. The van der Waals surface area contributed by atoms with Crippen LogP contribution in [-0.4, -0.2) is 101 Å². The monoisotopic (exact) mass is 728 g/mol. The van der Waals surface area contributed by atoms with Gasteiger partial charge in [0.15, 0.2) is 0 Å². The van der Waals surface area contributed by atoms with Crippen molar-refractivity contribution in [2.45, 2.75) is 88.1 Å². The van der Waals surface area contributed by atoms with Gasteiger partial charge in [0.25, 0.3) is 11.8 Å². The number of carbonyl (C=O) groups is 2. The second kappa shape index (κ2) is 14.0. The highest BCUT2D eigenvalue weighted by molar-refractivity contribution is 5.95. The molecule has 0 radical (unpaired) electrons. The fourth-order valence-corrected chi connectivity index (χ4v) is 8.03. The maximum absolute atomic E-state index is 15.1. The van der Waals surface area contributed by atoms with Gasteiger partial charge in [0.1, 0.15) is 17.5 Å². The summed E-state index contributed by atoms with van der Waals surface area (Å²) in [6, 6.07) is 1.79. The fourth-order valence-electron chi connectivity index (χ4n) is 8.03. The van der Waals surface area contributed by atoms with Gasteiger partial charge in [0.2, 0.25) is 11.8 Å². The Morgan fingerprint density at radius 3 is 2.45 bits per heavy atom. The molecule has 1 aliphatic carbocycles. The minimum absolute atomic E-state index is 0.0203. The average Bonchev–Trinajstić information content (AvgIpc) is 3.35. The summed E-state index contributed by atoms with van der Waals surface area (Å²) >= 11 is 0. The van der Waals surface area contributed by atoms with Gasteiger partial charge in [-0.3, -0.25) is 14.5 Å². The molecule has 51 heavy (non-hydrogen) atoms. The Bertz CT molecular complexity index is 1610. The van der Waals surface area contributed by atoms with Gasteiger partial charge < -0.3 is 24.8 Å². The maximum Gasteiger partial charge on any atom is 0.401 e. The van der Waals surface area contributed by atoms with Crippen molar-refractivity contribution in [1.29, 1.82) is 0 Å². The Hall–Kier alpha value is -3.73. The van der Waals surface area contributed by atoms with Crippen LogP contribution in [0.4, 0.5) is 38.0 Å². The Kier molecular flexibility index (Phi) is 10.2. The van der Waals surface area contributed by atoms with E-state index in [0.29, 0.717) is 63.9 Å². The predicted molar refractivity (Wildman–Crippen MR) is 171 cm³/mol. The predicted octanol–water partition coefficient (Wildman–Crippen LogP) is 5.55. The zero-order valence-corrected chi connectivity index (χ0v) is 28.4. The molecule has 5 heterocycles. The number of carbonyl (C=O) groups excluding carboxylic acids is 1. The average molecular weight is 729 g/mol. The second-order valence-electron chi connectivity index (χ2n) is 14.7. The van der Waals surface area contributed by atoms with E-state index < -0.39 is 64.7 Å². The van der Waals surface area contributed by atoms with E-state index in [2.05, 4.69) is 20.3 Å². The number of piperidine rings is 1. The number of hydrogen-bond acceptors (Lipinski definition) is 9. The first-order valence-corrected chi connectivity index (χ1v) is 17.2. The summed E-state index contributed by atoms with van der Waals surface area (Å²) < 4.78 is 95.3. The van der Waals surface area contributed by atoms with Crippen LogP contribution >= 0.6 is 0 Å². The summed E-state index contributed by atoms with van der Waals surface area (Å²) in [4.78, 5) is 40.9. The number of aliphatic carboxylic acids is 1. The number of nitrogens with zero attached hydrogens (tertiary/aromatic N) is 5. The molecule has 3 aliphatic heterocycles. The highest BCUT2D eigenvalue weighted by Gasteiger charge is 2.47. The molecule has 2 aromatic rings. The van der Waals surface area contributed by atoms with Gasteiger partial charge in [-0.1, -0.05) is 0 Å². The van der Waals surface area contributed by atoms with Gasteiger partial charge in [-0.25, -0.2) is 19.3 Å². The van der Waals surface area contributed by atoms with Crippen LogP contribution in [0.25, 0.3) is 0 Å². The van der Waals surface area contributed by atoms with E-state index in [9.17, 15) is 32.3 Å². The fraction of sp³-hybridized carbons (Fsp3) is 0.676. The van der Waals surface area contributed by atoms with Crippen LogP contribution in [-0.2, 0) is 20.9 Å². The van der Waals surface area contributed by atoms with E-state index in [-0.39, 0.29) is 50.9 Å². The summed E-state index contributed by atoms with van der Waals surface area (Å²) in [6.07, 6.45) is 0.0383. The highest BCUT2D eigenvalue weighted by Crippen LogP contribution is 2.50. The number of carboxylic acids is 1. The molecule has 4 aliphatic rings. The number of hydrogen-bond donors (Lipinski definition) is 2. The lowest BCUT2D eigenvalue weighted by Crippen LogP contribution is -2.42. The van der Waals surface area contributed by atoms with Crippen molar-refractivity contribution in [2.75, 3.05) is 50.8 Å². The van der Waals surface area contributed by atoms with Gasteiger partial charge in [0.05, 0.1) is 29.9 Å². The summed E-state index contributed by atoms with van der Waals surface area (Å²) in [6.45, 7) is 2.58. The van der Waals surface area contributed by atoms with E-state index in [1.165, 1.54) is 11.8 Å². The zero-order chi connectivity index (χ0) is 36.8. The molecule has 1 saturated carbocycles. The van der Waals surface area contributed by atoms with E-state index in [4.69, 9.17) is 9.47 Å². The molecule has 0 aromatic carbocycles. The molecule has 6 rings (SSSR count). The largest absolute Gasteiger partial charge is 0.481 e. The van der Waals surface area contributed by atoms with Crippen molar-refractivity contribution in [3.8, 4) is 5.88 Å². The molecule has 1 spiro atoms. The van der Waals surface area contributed by atoms with Crippen molar-refractivity contribution < 1.29 is 50.5 Å². The molecule has 2 aromatic heterocycles. The molecular formula is C34H42F6N6O5. The highest BCUT2D eigenvalue weighted by atomic mass is 19.4. The van der Waals surface area contributed by atoms with Crippen LogP contribution in [0, 0.1) is 11.8 Å². The lowest BCUT2D eigenvalue weighted by molar-refractivity contribution is -0.149. The van der Waals surface area contributed by atoms with Crippen LogP contribution in [0.2, 0.25) is 0 Å².